The van der Waals surface area contributed by atoms with E-state index in [1.165, 1.54) is 29.1 Å². The van der Waals surface area contributed by atoms with Gasteiger partial charge in [0.1, 0.15) is 0 Å². The molecule has 22 heteroatoms. The molecule has 0 radical (unpaired) electrons. The van der Waals surface area contributed by atoms with Crippen LogP contribution >= 0.6 is 0 Å². The van der Waals surface area contributed by atoms with Crippen LogP contribution in [0.4, 0.5) is 70.2 Å². The van der Waals surface area contributed by atoms with E-state index in [-0.39, 0.29) is 50.1 Å². The van der Waals surface area contributed by atoms with Crippen molar-refractivity contribution >= 4 is 11.9 Å². The minimum Gasteiger partial charge on any atom is -0.481 e. The lowest BCUT2D eigenvalue weighted by Crippen LogP contribution is -2.42. The third-order valence-electron chi connectivity index (χ3n) is 10.3. The zero-order chi connectivity index (χ0) is 53.8. The van der Waals surface area contributed by atoms with Crippen LogP contribution in [0, 0.1) is 23.7 Å². The Morgan fingerprint density at radius 2 is 0.899 bits per heavy atom. The molecule has 3 aliphatic rings. The van der Waals surface area contributed by atoms with E-state index in [9.17, 15) is 70.2 Å². The molecule has 0 spiro atoms. The molecule has 0 aromatic heterocycles. The van der Waals surface area contributed by atoms with Crippen LogP contribution < -0.4 is 0 Å². The minimum absolute atomic E-state index is 0.0404. The predicted octanol–water partition coefficient (Wildman–Crippen LogP) is 15.3. The number of alkyl halides is 16. The van der Waals surface area contributed by atoms with Crippen molar-refractivity contribution in [2.75, 3.05) is 26.2 Å². The van der Waals surface area contributed by atoms with Crippen LogP contribution in [0.3, 0.4) is 0 Å². The fourth-order valence-corrected chi connectivity index (χ4v) is 6.15. The molecule has 396 valence electrons. The van der Waals surface area contributed by atoms with E-state index in [1.54, 1.807) is 0 Å². The molecule has 0 amide bonds. The standard InChI is InChI=1S/2C16H17F8N.C6H14.C5H6.2C2H4O2/c2*17-14(18)7-9-25(8-1-6-15(19,20)21)13(10-14)11-2-4-12(5-3-11)16(22,23)24;1-5-6(2,3)4;1-2-5-3-4-5;2*1-2(3)4/h2*2-5,13H,1,6-10H2;5H2,1-4H3;1,5H,3-4H2;2*1H3,(H,3,4). The molecule has 2 atom stereocenters. The van der Waals surface area contributed by atoms with Gasteiger partial charge in [-0.1, -0.05) is 58.4 Å². The van der Waals surface area contributed by atoms with Gasteiger partial charge in [0.25, 0.3) is 23.8 Å². The first-order valence-electron chi connectivity index (χ1n) is 21.8. The quantitative estimate of drug-likeness (QED) is 0.203. The van der Waals surface area contributed by atoms with Crippen molar-refractivity contribution in [1.82, 2.24) is 9.80 Å². The van der Waals surface area contributed by atoms with Crippen LogP contribution in [0.1, 0.15) is 147 Å². The van der Waals surface area contributed by atoms with Crippen molar-refractivity contribution in [2.24, 2.45) is 11.3 Å². The average molecular weight is 1020 g/mol. The van der Waals surface area contributed by atoms with Gasteiger partial charge >= 0.3 is 24.7 Å². The van der Waals surface area contributed by atoms with Gasteiger partial charge in [-0.2, -0.15) is 52.7 Å². The number of hydrogen-bond donors (Lipinski definition) is 2. The van der Waals surface area contributed by atoms with E-state index < -0.39 is 110 Å². The number of piperidine rings is 2. The zero-order valence-corrected chi connectivity index (χ0v) is 39.2. The topological polar surface area (TPSA) is 81.1 Å². The van der Waals surface area contributed by atoms with Crippen LogP contribution in [-0.4, -0.2) is 82.3 Å². The average Bonchev–Trinajstić information content (AvgIpc) is 4.03. The van der Waals surface area contributed by atoms with Gasteiger partial charge in [-0.3, -0.25) is 19.4 Å². The van der Waals surface area contributed by atoms with Gasteiger partial charge < -0.3 is 10.2 Å². The Morgan fingerprint density at radius 1 is 0.623 bits per heavy atom. The molecular weight excluding hydrogens is 960 g/mol. The highest BCUT2D eigenvalue weighted by atomic mass is 19.4. The van der Waals surface area contributed by atoms with Crippen molar-refractivity contribution in [1.29, 1.82) is 0 Å². The SMILES string of the molecule is C#CC1CC1.CC(=O)O.CC(=O)O.CCC(C)(C)C.FC(F)(F)CCCN1CCC(F)(F)CC1c1ccc(C(F)(F)F)cc1.FC(F)(F)CCCN1CCC(F)(F)CC1c1ccc(C(F)(F)F)cc1. The zero-order valence-electron chi connectivity index (χ0n) is 39.2. The van der Waals surface area contributed by atoms with Gasteiger partial charge in [0.2, 0.25) is 0 Å². The van der Waals surface area contributed by atoms with Crippen molar-refractivity contribution in [3.05, 3.63) is 70.8 Å². The molecule has 69 heavy (non-hydrogen) atoms. The molecule has 2 unspecified atom stereocenters. The fraction of sp³-hybridized carbons (Fsp3) is 0.660. The molecule has 2 aromatic carbocycles. The Labute approximate surface area is 392 Å². The lowest BCUT2D eigenvalue weighted by molar-refractivity contribution is -0.139. The number of carboxylic acids is 2. The lowest BCUT2D eigenvalue weighted by atomic mass is 9.91. The number of hydrogen-bond acceptors (Lipinski definition) is 4. The number of aliphatic carboxylic acids is 2. The summed E-state index contributed by atoms with van der Waals surface area (Å²) in [5.74, 6) is -4.35. The third kappa shape index (κ3) is 31.6. The van der Waals surface area contributed by atoms with Gasteiger partial charge in [0.05, 0.1) is 11.1 Å². The number of terminal acetylenes is 1. The second-order valence-electron chi connectivity index (χ2n) is 17.8. The molecule has 2 aliphatic heterocycles. The molecule has 2 aromatic rings. The second kappa shape index (κ2) is 28.0. The molecule has 1 saturated carbocycles. The first-order valence-corrected chi connectivity index (χ1v) is 21.8. The highest BCUT2D eigenvalue weighted by Gasteiger charge is 2.43. The summed E-state index contributed by atoms with van der Waals surface area (Å²) in [4.78, 5) is 21.0. The van der Waals surface area contributed by atoms with Gasteiger partial charge in [0, 0.05) is 83.5 Å². The maximum absolute atomic E-state index is 13.7. The lowest BCUT2D eigenvalue weighted by Gasteiger charge is -2.39. The van der Waals surface area contributed by atoms with Crippen molar-refractivity contribution in [2.45, 2.75) is 161 Å². The Bertz CT molecular complexity index is 1700. The fourth-order valence-electron chi connectivity index (χ4n) is 6.15. The van der Waals surface area contributed by atoms with Crippen LogP contribution in [0.25, 0.3) is 0 Å². The first-order chi connectivity index (χ1) is 31.2. The number of likely N-dealkylation sites (tertiary alicyclic amines) is 2. The van der Waals surface area contributed by atoms with Crippen molar-refractivity contribution < 1.29 is 90.0 Å². The number of benzene rings is 2. The summed E-state index contributed by atoms with van der Waals surface area (Å²) in [5.41, 5.74) is -0.761. The smallest absolute Gasteiger partial charge is 0.416 e. The van der Waals surface area contributed by atoms with Gasteiger partial charge in [-0.15, -0.1) is 12.3 Å². The molecule has 1 aliphatic carbocycles. The van der Waals surface area contributed by atoms with E-state index in [1.807, 2.05) is 0 Å². The van der Waals surface area contributed by atoms with Crippen LogP contribution in [0.2, 0.25) is 0 Å². The van der Waals surface area contributed by atoms with Crippen LogP contribution in [0.15, 0.2) is 48.5 Å². The van der Waals surface area contributed by atoms with Crippen LogP contribution in [-0.2, 0) is 21.9 Å². The van der Waals surface area contributed by atoms with Crippen molar-refractivity contribution in [3.8, 4) is 12.3 Å². The highest BCUT2D eigenvalue weighted by molar-refractivity contribution is 5.63. The molecular formula is C47H62F16N2O4. The first kappa shape index (κ1) is 64.7. The minimum atomic E-state index is -4.54. The van der Waals surface area contributed by atoms with E-state index in [4.69, 9.17) is 26.2 Å². The number of carbonyl (C=O) groups is 2. The molecule has 2 N–H and O–H groups in total. The summed E-state index contributed by atoms with van der Waals surface area (Å²) in [6, 6.07) is 5.87. The number of rotatable bonds is 8. The highest BCUT2D eigenvalue weighted by Crippen LogP contribution is 2.43. The molecule has 5 rings (SSSR count). The summed E-state index contributed by atoms with van der Waals surface area (Å²) < 4.78 is 204. The second-order valence-corrected chi connectivity index (χ2v) is 17.8. The molecule has 6 nitrogen and oxygen atoms in total. The number of nitrogens with zero attached hydrogens (tertiary/aromatic N) is 2. The Hall–Kier alpha value is -4.26. The van der Waals surface area contributed by atoms with Crippen LogP contribution in [0.5, 0.6) is 0 Å². The molecule has 2 heterocycles. The van der Waals surface area contributed by atoms with E-state index >= 15 is 0 Å². The predicted molar refractivity (Wildman–Crippen MR) is 228 cm³/mol. The Balaban J connectivity index is 0.000000973. The van der Waals surface area contributed by atoms with E-state index in [0.717, 1.165) is 62.4 Å². The van der Waals surface area contributed by atoms with Gasteiger partial charge in [-0.25, -0.2) is 17.6 Å². The Kier molecular flexibility index (Phi) is 26.2. The molecule has 0 bridgehead atoms. The summed E-state index contributed by atoms with van der Waals surface area (Å²) in [5, 5.41) is 14.8. The Morgan fingerprint density at radius 3 is 1.09 bits per heavy atom. The normalized spacial score (nSPS) is 19.4. The van der Waals surface area contributed by atoms with Crippen molar-refractivity contribution in [3.63, 3.8) is 0 Å². The number of carboxylic acid groups (broad SMARTS) is 2. The molecule has 2 saturated heterocycles. The van der Waals surface area contributed by atoms with E-state index in [0.29, 0.717) is 11.3 Å². The molecule has 3 fully saturated rings. The summed E-state index contributed by atoms with van der Waals surface area (Å²) in [6.07, 6.45) is -13.7. The third-order valence-corrected chi connectivity index (χ3v) is 10.3. The summed E-state index contributed by atoms with van der Waals surface area (Å²) in [7, 11) is 0. The monoisotopic (exact) mass is 1020 g/mol. The number of halogens is 16. The maximum Gasteiger partial charge on any atom is 0.416 e. The largest absolute Gasteiger partial charge is 0.481 e. The van der Waals surface area contributed by atoms with E-state index in [2.05, 4.69) is 33.6 Å². The summed E-state index contributed by atoms with van der Waals surface area (Å²) in [6.45, 7) is 10.8. The van der Waals surface area contributed by atoms with Gasteiger partial charge in [0.15, 0.2) is 0 Å². The maximum atomic E-state index is 13.7. The van der Waals surface area contributed by atoms with Gasteiger partial charge in [-0.05, 0) is 79.6 Å². The summed E-state index contributed by atoms with van der Waals surface area (Å²) >= 11 is 0.